The second kappa shape index (κ2) is 69.4. The van der Waals surface area contributed by atoms with Crippen molar-refractivity contribution in [3.8, 4) is 0 Å². The van der Waals surface area contributed by atoms with E-state index in [1.807, 2.05) is 0 Å². The first-order valence-electron chi connectivity index (χ1n) is 36.3. The molecule has 0 aliphatic carbocycles. The van der Waals surface area contributed by atoms with E-state index in [1.54, 1.807) is 0 Å². The maximum Gasteiger partial charge on any atom is 0.306 e. The maximum atomic E-state index is 12.9. The number of hydrogen-bond acceptors (Lipinski definition) is 6. The quantitative estimate of drug-likeness (QED) is 0.0261. The van der Waals surface area contributed by atoms with Crippen LogP contribution in [-0.2, 0) is 28.6 Å². The van der Waals surface area contributed by atoms with Crippen LogP contribution in [0, 0.1) is 0 Å². The number of carbonyl (C=O) groups is 3. The summed E-state index contributed by atoms with van der Waals surface area (Å²) in [4.78, 5) is 38.4. The fourth-order valence-electron chi connectivity index (χ4n) is 11.2. The lowest BCUT2D eigenvalue weighted by molar-refractivity contribution is -0.167. The summed E-state index contributed by atoms with van der Waals surface area (Å²) in [7, 11) is 0. The van der Waals surface area contributed by atoms with Gasteiger partial charge in [-0.15, -0.1) is 0 Å². The van der Waals surface area contributed by atoms with E-state index in [-0.39, 0.29) is 31.1 Å². The molecule has 0 fully saturated rings. The highest BCUT2D eigenvalue weighted by Crippen LogP contribution is 2.19. The topological polar surface area (TPSA) is 78.9 Å². The third-order valence-corrected chi connectivity index (χ3v) is 16.7. The van der Waals surface area contributed by atoms with Gasteiger partial charge in [-0.2, -0.15) is 0 Å². The SMILES string of the molecule is CCCC/C=C\CCCCCCCC(=O)OCC(COC(=O)CCCCCCCCCCCCCCCCCCC/C=C\CCCCCCCCCC)OC(=O)CCCCCCCCCCCCCCCCCCCCCCCC. The molecule has 0 rings (SSSR count). The maximum absolute atomic E-state index is 12.9. The van der Waals surface area contributed by atoms with Crippen molar-refractivity contribution in [2.24, 2.45) is 0 Å². The van der Waals surface area contributed by atoms with E-state index in [0.29, 0.717) is 19.3 Å². The Kier molecular flexibility index (Phi) is 67.6. The van der Waals surface area contributed by atoms with E-state index >= 15 is 0 Å². The number of ether oxygens (including phenoxy) is 3. The van der Waals surface area contributed by atoms with Crippen LogP contribution in [0.25, 0.3) is 0 Å². The zero-order valence-corrected chi connectivity index (χ0v) is 54.4. The van der Waals surface area contributed by atoms with Gasteiger partial charge >= 0.3 is 17.9 Å². The average Bonchev–Trinajstić information content (AvgIpc) is 3.46. The first kappa shape index (κ1) is 77.9. The van der Waals surface area contributed by atoms with Gasteiger partial charge in [0, 0.05) is 19.3 Å². The number of esters is 3. The lowest BCUT2D eigenvalue weighted by Crippen LogP contribution is -2.30. The molecule has 80 heavy (non-hydrogen) atoms. The van der Waals surface area contributed by atoms with Crippen LogP contribution >= 0.6 is 0 Å². The number of allylic oxidation sites excluding steroid dienone is 4. The zero-order valence-electron chi connectivity index (χ0n) is 54.4. The molecule has 472 valence electrons. The molecule has 0 radical (unpaired) electrons. The number of unbranched alkanes of at least 4 members (excludes halogenated alkanes) is 53. The molecule has 0 aromatic heterocycles. The largest absolute Gasteiger partial charge is 0.462 e. The summed E-state index contributed by atoms with van der Waals surface area (Å²) >= 11 is 0. The van der Waals surface area contributed by atoms with Gasteiger partial charge < -0.3 is 14.2 Å². The third-order valence-electron chi connectivity index (χ3n) is 16.7. The predicted molar refractivity (Wildman–Crippen MR) is 349 cm³/mol. The van der Waals surface area contributed by atoms with Crippen molar-refractivity contribution < 1.29 is 28.6 Å². The van der Waals surface area contributed by atoms with Crippen molar-refractivity contribution in [2.45, 2.75) is 419 Å². The molecule has 0 bridgehead atoms. The van der Waals surface area contributed by atoms with Crippen molar-refractivity contribution in [1.29, 1.82) is 0 Å². The molecule has 0 aromatic rings. The van der Waals surface area contributed by atoms with Crippen molar-refractivity contribution >= 4 is 17.9 Å². The fourth-order valence-corrected chi connectivity index (χ4v) is 11.2. The van der Waals surface area contributed by atoms with Crippen LogP contribution < -0.4 is 0 Å². The van der Waals surface area contributed by atoms with Crippen LogP contribution in [-0.4, -0.2) is 37.2 Å². The molecule has 0 N–H and O–H groups in total. The molecule has 0 saturated heterocycles. The standard InChI is InChI=1S/C74H140O6/c1-4-7-10-13-16-19-22-24-26-28-30-32-34-35-36-37-38-39-40-42-43-45-47-49-52-55-58-61-64-67-73(76)79-70-71(69-78-72(75)66-63-60-57-54-51-21-18-15-12-9-6-3)80-74(77)68-65-62-59-56-53-50-48-46-44-41-33-31-29-27-25-23-20-17-14-11-8-5-2/h15,18,28,30,71H,4-14,16-17,19-27,29,31-70H2,1-3H3/b18-15-,30-28-. The zero-order chi connectivity index (χ0) is 57.8. The molecule has 0 aliphatic rings. The minimum atomic E-state index is -0.771. The summed E-state index contributed by atoms with van der Waals surface area (Å²) in [6, 6.07) is 0. The van der Waals surface area contributed by atoms with E-state index in [4.69, 9.17) is 14.2 Å². The lowest BCUT2D eigenvalue weighted by atomic mass is 10.0. The number of carbonyl (C=O) groups excluding carboxylic acids is 3. The Hall–Kier alpha value is -2.11. The lowest BCUT2D eigenvalue weighted by Gasteiger charge is -2.18. The molecule has 1 atom stereocenters. The smallest absolute Gasteiger partial charge is 0.306 e. The van der Waals surface area contributed by atoms with Crippen LogP contribution in [0.5, 0.6) is 0 Å². The molecule has 0 saturated carbocycles. The molecule has 0 heterocycles. The van der Waals surface area contributed by atoms with E-state index in [1.165, 1.54) is 308 Å². The van der Waals surface area contributed by atoms with Crippen molar-refractivity contribution in [3.05, 3.63) is 24.3 Å². The highest BCUT2D eigenvalue weighted by molar-refractivity contribution is 5.71. The van der Waals surface area contributed by atoms with Gasteiger partial charge in [0.25, 0.3) is 0 Å². The predicted octanol–water partition coefficient (Wildman–Crippen LogP) is 25.0. The fraction of sp³-hybridized carbons (Fsp3) is 0.905. The van der Waals surface area contributed by atoms with E-state index in [9.17, 15) is 14.4 Å². The average molecular weight is 1130 g/mol. The van der Waals surface area contributed by atoms with Crippen LogP contribution in [0.1, 0.15) is 412 Å². The molecule has 0 aliphatic heterocycles. The van der Waals surface area contributed by atoms with Gasteiger partial charge in [0.15, 0.2) is 6.10 Å². The minimum absolute atomic E-state index is 0.0676. The first-order valence-corrected chi connectivity index (χ1v) is 36.3. The highest BCUT2D eigenvalue weighted by atomic mass is 16.6. The van der Waals surface area contributed by atoms with Gasteiger partial charge in [-0.3, -0.25) is 14.4 Å². The van der Waals surface area contributed by atoms with Crippen molar-refractivity contribution in [2.75, 3.05) is 13.2 Å². The molecular formula is C74H140O6. The van der Waals surface area contributed by atoms with Crippen LogP contribution in [0.15, 0.2) is 24.3 Å². The van der Waals surface area contributed by atoms with E-state index in [0.717, 1.165) is 64.2 Å². The monoisotopic (exact) mass is 1130 g/mol. The molecule has 6 heteroatoms. The van der Waals surface area contributed by atoms with Crippen LogP contribution in [0.2, 0.25) is 0 Å². The summed E-state index contributed by atoms with van der Waals surface area (Å²) < 4.78 is 17.0. The second-order valence-corrected chi connectivity index (χ2v) is 24.9. The van der Waals surface area contributed by atoms with Gasteiger partial charge in [-0.25, -0.2) is 0 Å². The Morgan fingerprint density at radius 2 is 0.425 bits per heavy atom. The molecule has 1 unspecified atom stereocenters. The molecular weight excluding hydrogens is 985 g/mol. The first-order chi connectivity index (χ1) is 39.5. The number of rotatable bonds is 68. The second-order valence-electron chi connectivity index (χ2n) is 24.9. The summed E-state index contributed by atoms with van der Waals surface area (Å²) in [6.07, 6.45) is 85.2. The molecule has 0 aromatic carbocycles. The Bertz CT molecular complexity index is 1290. The normalized spacial score (nSPS) is 12.1. The van der Waals surface area contributed by atoms with Gasteiger partial charge in [0.05, 0.1) is 0 Å². The van der Waals surface area contributed by atoms with Crippen molar-refractivity contribution in [3.63, 3.8) is 0 Å². The Morgan fingerprint density at radius 1 is 0.237 bits per heavy atom. The Labute approximate surface area is 500 Å². The van der Waals surface area contributed by atoms with Gasteiger partial charge in [-0.1, -0.05) is 353 Å². The van der Waals surface area contributed by atoms with E-state index in [2.05, 4.69) is 45.1 Å². The van der Waals surface area contributed by atoms with Crippen LogP contribution in [0.3, 0.4) is 0 Å². The summed E-state index contributed by atoms with van der Waals surface area (Å²) in [6.45, 7) is 6.68. The van der Waals surface area contributed by atoms with Crippen molar-refractivity contribution in [1.82, 2.24) is 0 Å². The summed E-state index contributed by atoms with van der Waals surface area (Å²) in [5.74, 6) is -0.846. The molecule has 0 spiro atoms. The van der Waals surface area contributed by atoms with Gasteiger partial charge in [-0.05, 0) is 64.2 Å². The minimum Gasteiger partial charge on any atom is -0.462 e. The number of hydrogen-bond donors (Lipinski definition) is 0. The van der Waals surface area contributed by atoms with E-state index < -0.39 is 6.10 Å². The molecule has 6 nitrogen and oxygen atoms in total. The van der Waals surface area contributed by atoms with Crippen LogP contribution in [0.4, 0.5) is 0 Å². The van der Waals surface area contributed by atoms with Gasteiger partial charge in [0.1, 0.15) is 13.2 Å². The molecule has 0 amide bonds. The summed E-state index contributed by atoms with van der Waals surface area (Å²) in [5.41, 5.74) is 0. The summed E-state index contributed by atoms with van der Waals surface area (Å²) in [5, 5.41) is 0. The Morgan fingerprint density at radius 3 is 0.662 bits per heavy atom. The Balaban J connectivity index is 4.12. The third kappa shape index (κ3) is 66.7. The highest BCUT2D eigenvalue weighted by Gasteiger charge is 2.19. The van der Waals surface area contributed by atoms with Gasteiger partial charge in [0.2, 0.25) is 0 Å².